The summed E-state index contributed by atoms with van der Waals surface area (Å²) in [6, 6.07) is 19.4. The van der Waals surface area contributed by atoms with Crippen molar-refractivity contribution < 1.29 is 49.0 Å². The zero-order valence-electron chi connectivity index (χ0n) is 25.1. The smallest absolute Gasteiger partial charge is 0.406 e. The molecule has 250 valence electrons. The minimum atomic E-state index is -4.77. The molecule has 15 heteroatoms. The van der Waals surface area contributed by atoms with E-state index >= 15 is 0 Å². The number of ether oxygens (including phenoxy) is 2. The highest BCUT2D eigenvalue weighted by Gasteiger charge is 2.49. The van der Waals surface area contributed by atoms with Crippen LogP contribution in [0.5, 0.6) is 11.5 Å². The van der Waals surface area contributed by atoms with Gasteiger partial charge in [-0.3, -0.25) is 4.79 Å². The summed E-state index contributed by atoms with van der Waals surface area (Å²) < 4.78 is 107. The van der Waals surface area contributed by atoms with Crippen molar-refractivity contribution in [2.45, 2.75) is 51.9 Å². The highest BCUT2D eigenvalue weighted by atomic mass is 32.2. The molecular formula is C31H33F6N3O5S. The molecule has 3 N–H and O–H groups in total. The van der Waals surface area contributed by atoms with E-state index in [-0.39, 0.29) is 28.6 Å². The molecule has 0 aromatic heterocycles. The third-order valence-electron chi connectivity index (χ3n) is 6.23. The SMILES string of the molecule is CC(C)(C)N1C(=O)C(NCCc2ccc(OC(F)(F)F)cc2)=C(c2ccccc2)S1(=O)=O.NCCc1ccc(OC(F)(F)F)cc1. The maximum atomic E-state index is 13.2. The Hall–Kier alpha value is -4.24. The Balaban J connectivity index is 0.000000344. The summed E-state index contributed by atoms with van der Waals surface area (Å²) in [6.45, 7) is 5.58. The molecule has 0 saturated carbocycles. The number of carbonyl (C=O) groups excluding carboxylic acids is 1. The minimum Gasteiger partial charge on any atom is -0.406 e. The molecule has 0 spiro atoms. The Bertz CT molecular complexity index is 1600. The number of hydrogen-bond acceptors (Lipinski definition) is 7. The van der Waals surface area contributed by atoms with Gasteiger partial charge in [-0.1, -0.05) is 54.6 Å². The average molecular weight is 674 g/mol. The Kier molecular flexibility index (Phi) is 11.4. The quantitative estimate of drug-likeness (QED) is 0.263. The molecule has 0 unspecified atom stereocenters. The van der Waals surface area contributed by atoms with E-state index in [2.05, 4.69) is 14.8 Å². The van der Waals surface area contributed by atoms with Gasteiger partial charge < -0.3 is 20.5 Å². The molecule has 1 amide bonds. The third-order valence-corrected chi connectivity index (χ3v) is 8.38. The van der Waals surface area contributed by atoms with Gasteiger partial charge >= 0.3 is 12.7 Å². The van der Waals surface area contributed by atoms with Crippen LogP contribution in [0.3, 0.4) is 0 Å². The van der Waals surface area contributed by atoms with Gasteiger partial charge in [0.1, 0.15) is 22.1 Å². The maximum Gasteiger partial charge on any atom is 0.573 e. The molecule has 0 fully saturated rings. The summed E-state index contributed by atoms with van der Waals surface area (Å²) in [5.41, 5.74) is 6.27. The molecule has 0 aliphatic carbocycles. The van der Waals surface area contributed by atoms with Crippen LogP contribution in [0.4, 0.5) is 26.3 Å². The minimum absolute atomic E-state index is 0.0249. The molecule has 3 aromatic rings. The van der Waals surface area contributed by atoms with Gasteiger partial charge in [0.15, 0.2) is 0 Å². The number of halogens is 6. The molecule has 3 aromatic carbocycles. The first-order chi connectivity index (χ1) is 21.3. The molecule has 0 atom stereocenters. The van der Waals surface area contributed by atoms with E-state index in [9.17, 15) is 39.6 Å². The van der Waals surface area contributed by atoms with Gasteiger partial charge in [0, 0.05) is 6.54 Å². The number of sulfonamides is 1. The van der Waals surface area contributed by atoms with E-state index in [0.29, 0.717) is 30.5 Å². The van der Waals surface area contributed by atoms with Crippen LogP contribution >= 0.6 is 0 Å². The predicted octanol–water partition coefficient (Wildman–Crippen LogP) is 6.14. The molecule has 0 radical (unpaired) electrons. The normalized spacial score (nSPS) is 14.9. The lowest BCUT2D eigenvalue weighted by Crippen LogP contribution is -2.46. The van der Waals surface area contributed by atoms with Crippen LogP contribution in [-0.2, 0) is 27.7 Å². The molecule has 46 heavy (non-hydrogen) atoms. The van der Waals surface area contributed by atoms with Crippen LogP contribution in [0.15, 0.2) is 84.6 Å². The fraction of sp³-hybridized carbons (Fsp3) is 0.323. The van der Waals surface area contributed by atoms with Crippen LogP contribution in [0, 0.1) is 0 Å². The summed E-state index contributed by atoms with van der Waals surface area (Å²) in [6.07, 6.45) is -8.40. The number of alkyl halides is 6. The van der Waals surface area contributed by atoms with E-state index in [1.807, 2.05) is 0 Å². The number of nitrogens with zero attached hydrogens (tertiary/aromatic N) is 1. The first kappa shape index (κ1) is 36.2. The summed E-state index contributed by atoms with van der Waals surface area (Å²) >= 11 is 0. The van der Waals surface area contributed by atoms with E-state index < -0.39 is 34.2 Å². The summed E-state index contributed by atoms with van der Waals surface area (Å²) in [5.74, 6) is -1.19. The van der Waals surface area contributed by atoms with Crippen molar-refractivity contribution in [2.75, 3.05) is 13.1 Å². The van der Waals surface area contributed by atoms with E-state index in [4.69, 9.17) is 5.73 Å². The number of carbonyl (C=O) groups is 1. The monoisotopic (exact) mass is 673 g/mol. The maximum absolute atomic E-state index is 13.2. The van der Waals surface area contributed by atoms with Gasteiger partial charge in [0.25, 0.3) is 15.9 Å². The summed E-state index contributed by atoms with van der Waals surface area (Å²) in [5, 5.41) is 2.94. The second kappa shape index (κ2) is 14.5. The van der Waals surface area contributed by atoms with Crippen LogP contribution in [0.1, 0.15) is 37.5 Å². The summed E-state index contributed by atoms with van der Waals surface area (Å²) in [4.78, 5) is 13.0. The first-order valence-electron chi connectivity index (χ1n) is 13.8. The van der Waals surface area contributed by atoms with Gasteiger partial charge in [-0.15, -0.1) is 26.3 Å². The number of rotatable bonds is 9. The Labute approximate surface area is 262 Å². The van der Waals surface area contributed by atoms with Crippen molar-refractivity contribution >= 4 is 20.8 Å². The number of nitrogens with one attached hydrogen (secondary N) is 1. The lowest BCUT2D eigenvalue weighted by Gasteiger charge is -2.30. The molecule has 1 aliphatic rings. The predicted molar refractivity (Wildman–Crippen MR) is 160 cm³/mol. The molecule has 0 saturated heterocycles. The summed E-state index contributed by atoms with van der Waals surface area (Å²) in [7, 11) is -4.08. The van der Waals surface area contributed by atoms with Gasteiger partial charge in [-0.2, -0.15) is 0 Å². The standard InChI is InChI=1S/C22H23F3N2O4S.C9H10F3NO/c1-21(2,3)27-20(28)18(19(32(27,29)30)16-7-5-4-6-8-16)26-14-13-15-9-11-17(12-10-15)31-22(23,24)25;10-9(11,12)14-8-3-1-7(2-4-8)5-6-13/h4-12,26H,13-14H2,1-3H3;1-4H,5-6,13H2. The number of hydrogen-bond donors (Lipinski definition) is 2. The largest absolute Gasteiger partial charge is 0.573 e. The van der Waals surface area contributed by atoms with Gasteiger partial charge in [-0.05, 0) is 81.1 Å². The highest BCUT2D eigenvalue weighted by molar-refractivity contribution is 7.99. The van der Waals surface area contributed by atoms with Crippen LogP contribution < -0.4 is 20.5 Å². The van der Waals surface area contributed by atoms with Crippen molar-refractivity contribution in [1.82, 2.24) is 9.62 Å². The number of amides is 1. The van der Waals surface area contributed by atoms with E-state index in [1.165, 1.54) is 36.4 Å². The van der Waals surface area contributed by atoms with Crippen LogP contribution in [0.25, 0.3) is 4.91 Å². The lowest BCUT2D eigenvalue weighted by molar-refractivity contribution is -0.275. The van der Waals surface area contributed by atoms with Crippen LogP contribution in [-0.4, -0.2) is 50.0 Å². The first-order valence-corrected chi connectivity index (χ1v) is 15.3. The Morgan fingerprint density at radius 2 is 1.20 bits per heavy atom. The molecule has 1 heterocycles. The molecule has 1 aliphatic heterocycles. The molecule has 0 bridgehead atoms. The van der Waals surface area contributed by atoms with Crippen LogP contribution in [0.2, 0.25) is 0 Å². The third kappa shape index (κ3) is 10.1. The van der Waals surface area contributed by atoms with Gasteiger partial charge in [0.05, 0.1) is 5.54 Å². The zero-order valence-corrected chi connectivity index (χ0v) is 25.9. The lowest BCUT2D eigenvalue weighted by atomic mass is 10.1. The number of nitrogens with two attached hydrogens (primary N) is 1. The second-order valence-corrected chi connectivity index (χ2v) is 12.6. The molecule has 4 rings (SSSR count). The molecule has 8 nitrogen and oxygen atoms in total. The van der Waals surface area contributed by atoms with E-state index in [1.54, 1.807) is 63.2 Å². The fourth-order valence-electron chi connectivity index (χ4n) is 4.45. The average Bonchev–Trinajstić information content (AvgIpc) is 3.14. The fourth-order valence-corrected chi connectivity index (χ4v) is 6.51. The highest BCUT2D eigenvalue weighted by Crippen LogP contribution is 2.38. The number of benzene rings is 3. The van der Waals surface area contributed by atoms with Gasteiger partial charge in [0.2, 0.25) is 0 Å². The zero-order chi connectivity index (χ0) is 34.3. The van der Waals surface area contributed by atoms with Crippen molar-refractivity contribution in [2.24, 2.45) is 5.73 Å². The molecular weight excluding hydrogens is 640 g/mol. The Morgan fingerprint density at radius 3 is 1.61 bits per heavy atom. The Morgan fingerprint density at radius 1 is 0.739 bits per heavy atom. The van der Waals surface area contributed by atoms with Crippen molar-refractivity contribution in [3.63, 3.8) is 0 Å². The van der Waals surface area contributed by atoms with Crippen molar-refractivity contribution in [3.8, 4) is 11.5 Å². The second-order valence-electron chi connectivity index (χ2n) is 10.9. The van der Waals surface area contributed by atoms with Crippen molar-refractivity contribution in [1.29, 1.82) is 0 Å². The van der Waals surface area contributed by atoms with Gasteiger partial charge in [-0.25, -0.2) is 12.7 Å². The van der Waals surface area contributed by atoms with Crippen molar-refractivity contribution in [3.05, 3.63) is 101 Å². The topological polar surface area (TPSA) is 111 Å². The van der Waals surface area contributed by atoms with E-state index in [0.717, 1.165) is 9.87 Å².